The van der Waals surface area contributed by atoms with E-state index in [1.54, 1.807) is 0 Å². The predicted octanol–water partition coefficient (Wildman–Crippen LogP) is 0.918. The van der Waals surface area contributed by atoms with Gasteiger partial charge in [-0.15, -0.1) is 0 Å². The summed E-state index contributed by atoms with van der Waals surface area (Å²) in [5.74, 6) is 0.657. The molecule has 1 aliphatic carbocycles. The molecule has 2 heterocycles. The Hall–Kier alpha value is -0.920. The highest BCUT2D eigenvalue weighted by molar-refractivity contribution is 7.80. The first-order valence-electron chi connectivity index (χ1n) is 9.86. The Morgan fingerprint density at radius 2 is 1.60 bits per heavy atom. The quantitative estimate of drug-likeness (QED) is 0.745. The van der Waals surface area contributed by atoms with E-state index in [1.807, 2.05) is 0 Å². The van der Waals surface area contributed by atoms with Crippen LogP contribution in [-0.2, 0) is 9.53 Å². The average molecular weight is 369 g/mol. The highest BCUT2D eigenvalue weighted by atomic mass is 32.1. The van der Waals surface area contributed by atoms with Crippen molar-refractivity contribution in [3.8, 4) is 0 Å². The molecule has 0 bridgehead atoms. The zero-order chi connectivity index (χ0) is 17.5. The molecule has 6 nitrogen and oxygen atoms in total. The number of morpholine rings is 1. The molecule has 7 heteroatoms. The third-order valence-electron chi connectivity index (χ3n) is 5.64. The lowest BCUT2D eigenvalue weighted by atomic mass is 9.88. The fourth-order valence-corrected chi connectivity index (χ4v) is 4.28. The molecular formula is C18H32N4O2S. The van der Waals surface area contributed by atoms with Crippen LogP contribution in [0.4, 0.5) is 0 Å². The van der Waals surface area contributed by atoms with Gasteiger partial charge in [0.2, 0.25) is 5.91 Å². The second-order valence-corrected chi connectivity index (χ2v) is 7.72. The van der Waals surface area contributed by atoms with E-state index in [0.717, 1.165) is 83.5 Å². The van der Waals surface area contributed by atoms with Crippen molar-refractivity contribution in [2.45, 2.75) is 32.1 Å². The number of ether oxygens (including phenoxy) is 1. The molecule has 0 aromatic carbocycles. The first-order chi connectivity index (χ1) is 12.2. The van der Waals surface area contributed by atoms with Crippen LogP contribution in [0.1, 0.15) is 32.1 Å². The molecule has 3 rings (SSSR count). The SMILES string of the molecule is O=C(C1CCCCC1)N1CCN(C(=S)NCCN2CCOCC2)CC1. The maximum absolute atomic E-state index is 12.6. The van der Waals surface area contributed by atoms with Gasteiger partial charge in [0.15, 0.2) is 5.11 Å². The molecule has 1 saturated carbocycles. The van der Waals surface area contributed by atoms with Gasteiger partial charge in [0.25, 0.3) is 0 Å². The molecule has 0 aromatic heterocycles. The van der Waals surface area contributed by atoms with Gasteiger partial charge in [0, 0.05) is 58.3 Å². The minimum atomic E-state index is 0.277. The largest absolute Gasteiger partial charge is 0.379 e. The summed E-state index contributed by atoms with van der Waals surface area (Å²) in [6.07, 6.45) is 5.89. The number of piperazine rings is 1. The Labute approximate surface area is 156 Å². The summed E-state index contributed by atoms with van der Waals surface area (Å²) in [5, 5.41) is 4.21. The van der Waals surface area contributed by atoms with E-state index in [9.17, 15) is 4.79 Å². The van der Waals surface area contributed by atoms with Crippen molar-refractivity contribution in [3.63, 3.8) is 0 Å². The summed E-state index contributed by atoms with van der Waals surface area (Å²) in [7, 11) is 0. The van der Waals surface area contributed by atoms with Crippen LogP contribution < -0.4 is 5.32 Å². The van der Waals surface area contributed by atoms with Crippen LogP contribution in [0.25, 0.3) is 0 Å². The lowest BCUT2D eigenvalue weighted by Crippen LogP contribution is -2.54. The molecule has 2 aliphatic heterocycles. The predicted molar refractivity (Wildman–Crippen MR) is 103 cm³/mol. The first-order valence-corrected chi connectivity index (χ1v) is 10.3. The van der Waals surface area contributed by atoms with Crippen molar-refractivity contribution in [2.75, 3.05) is 65.6 Å². The standard InChI is InChI=1S/C18H32N4O2S/c23-17(16-4-2-1-3-5-16)21-8-10-22(11-9-21)18(25)19-6-7-20-12-14-24-15-13-20/h16H,1-15H2,(H,19,25). The first kappa shape index (κ1) is 18.9. The molecule has 142 valence electrons. The van der Waals surface area contributed by atoms with Gasteiger partial charge in [-0.1, -0.05) is 19.3 Å². The summed E-state index contributed by atoms with van der Waals surface area (Å²) < 4.78 is 5.37. The lowest BCUT2D eigenvalue weighted by Gasteiger charge is -2.38. The van der Waals surface area contributed by atoms with Gasteiger partial charge in [-0.3, -0.25) is 9.69 Å². The van der Waals surface area contributed by atoms with Gasteiger partial charge in [-0.05, 0) is 25.1 Å². The number of amides is 1. The van der Waals surface area contributed by atoms with Crippen molar-refractivity contribution in [1.82, 2.24) is 20.0 Å². The molecular weight excluding hydrogens is 336 g/mol. The van der Waals surface area contributed by atoms with Crippen LogP contribution in [0.5, 0.6) is 0 Å². The van der Waals surface area contributed by atoms with Gasteiger partial charge < -0.3 is 19.9 Å². The molecule has 0 aromatic rings. The molecule has 2 saturated heterocycles. The molecule has 3 aliphatic rings. The van der Waals surface area contributed by atoms with E-state index in [0.29, 0.717) is 5.91 Å². The van der Waals surface area contributed by atoms with Crippen LogP contribution >= 0.6 is 12.2 Å². The van der Waals surface area contributed by atoms with E-state index >= 15 is 0 Å². The van der Waals surface area contributed by atoms with Crippen molar-refractivity contribution < 1.29 is 9.53 Å². The maximum atomic E-state index is 12.6. The highest BCUT2D eigenvalue weighted by Gasteiger charge is 2.28. The van der Waals surface area contributed by atoms with Crippen molar-refractivity contribution in [3.05, 3.63) is 0 Å². The Balaban J connectivity index is 1.33. The summed E-state index contributed by atoms with van der Waals surface area (Å²) in [4.78, 5) is 19.3. The maximum Gasteiger partial charge on any atom is 0.225 e. The van der Waals surface area contributed by atoms with E-state index in [-0.39, 0.29) is 5.92 Å². The second kappa shape index (κ2) is 9.69. The normalized spacial score (nSPS) is 23.5. The molecule has 0 spiro atoms. The second-order valence-electron chi connectivity index (χ2n) is 7.33. The van der Waals surface area contributed by atoms with E-state index < -0.39 is 0 Å². The van der Waals surface area contributed by atoms with Gasteiger partial charge in [-0.2, -0.15) is 0 Å². The molecule has 3 fully saturated rings. The van der Waals surface area contributed by atoms with E-state index in [2.05, 4.69) is 20.0 Å². The van der Waals surface area contributed by atoms with Crippen LogP contribution in [0.3, 0.4) is 0 Å². The summed E-state index contributed by atoms with van der Waals surface area (Å²) in [6.45, 7) is 8.88. The van der Waals surface area contributed by atoms with Gasteiger partial charge in [0.05, 0.1) is 13.2 Å². The molecule has 0 unspecified atom stereocenters. The monoisotopic (exact) mass is 368 g/mol. The molecule has 1 amide bonds. The number of hydrogen-bond acceptors (Lipinski definition) is 4. The number of thiocarbonyl (C=S) groups is 1. The number of carbonyl (C=O) groups excluding carboxylic acids is 1. The minimum Gasteiger partial charge on any atom is -0.379 e. The average Bonchev–Trinajstić information content (AvgIpc) is 2.69. The third kappa shape index (κ3) is 5.53. The molecule has 0 radical (unpaired) electrons. The Bertz CT molecular complexity index is 442. The Morgan fingerprint density at radius 1 is 0.960 bits per heavy atom. The van der Waals surface area contributed by atoms with Gasteiger partial charge in [0.1, 0.15) is 0 Å². The van der Waals surface area contributed by atoms with Crippen LogP contribution in [0, 0.1) is 5.92 Å². The fraction of sp³-hybridized carbons (Fsp3) is 0.889. The molecule has 0 atom stereocenters. The van der Waals surface area contributed by atoms with Crippen molar-refractivity contribution in [2.24, 2.45) is 5.92 Å². The number of rotatable bonds is 4. The Morgan fingerprint density at radius 3 is 2.28 bits per heavy atom. The van der Waals surface area contributed by atoms with Crippen molar-refractivity contribution in [1.29, 1.82) is 0 Å². The van der Waals surface area contributed by atoms with Gasteiger partial charge in [-0.25, -0.2) is 0 Å². The van der Waals surface area contributed by atoms with Crippen LogP contribution in [0.2, 0.25) is 0 Å². The Kier molecular flexibility index (Phi) is 7.31. The van der Waals surface area contributed by atoms with E-state index in [4.69, 9.17) is 17.0 Å². The van der Waals surface area contributed by atoms with E-state index in [1.165, 1.54) is 19.3 Å². The lowest BCUT2D eigenvalue weighted by molar-refractivity contribution is -0.137. The summed E-state index contributed by atoms with van der Waals surface area (Å²) >= 11 is 5.54. The number of carbonyl (C=O) groups is 1. The highest BCUT2D eigenvalue weighted by Crippen LogP contribution is 2.25. The third-order valence-corrected chi connectivity index (χ3v) is 6.04. The zero-order valence-electron chi connectivity index (χ0n) is 15.3. The number of nitrogens with one attached hydrogen (secondary N) is 1. The van der Waals surface area contributed by atoms with Crippen molar-refractivity contribution >= 4 is 23.2 Å². The topological polar surface area (TPSA) is 48.1 Å². The molecule has 25 heavy (non-hydrogen) atoms. The minimum absolute atomic E-state index is 0.277. The zero-order valence-corrected chi connectivity index (χ0v) is 16.1. The number of hydrogen-bond donors (Lipinski definition) is 1. The molecule has 1 N–H and O–H groups in total. The smallest absolute Gasteiger partial charge is 0.225 e. The number of nitrogens with zero attached hydrogens (tertiary/aromatic N) is 3. The van der Waals surface area contributed by atoms with Gasteiger partial charge >= 0.3 is 0 Å². The fourth-order valence-electron chi connectivity index (χ4n) is 4.00. The summed E-state index contributed by atoms with van der Waals surface area (Å²) in [5.41, 5.74) is 0. The van der Waals surface area contributed by atoms with Crippen LogP contribution in [0.15, 0.2) is 0 Å². The van der Waals surface area contributed by atoms with Crippen LogP contribution in [-0.4, -0.2) is 91.3 Å². The summed E-state index contributed by atoms with van der Waals surface area (Å²) in [6, 6.07) is 0.